The Morgan fingerprint density at radius 2 is 2.20 bits per heavy atom. The molecule has 1 rings (SSSR count). The molecule has 0 aromatic carbocycles. The number of carbonyl (C=O) groups is 2. The molecule has 1 heterocycles. The standard InChI is InChI=1S/C13H16Cl2N2O3/c1-8(5-11(18)20-2)13(19)17-7-10-9(6-14)3-4-16-12(10)15/h3-4,8H,5-7H2,1-2H3,(H,17,19). The van der Waals surface area contributed by atoms with E-state index < -0.39 is 11.9 Å². The van der Waals surface area contributed by atoms with Crippen LogP contribution in [0.1, 0.15) is 24.5 Å². The SMILES string of the molecule is COC(=O)CC(C)C(=O)NCc1c(CCl)ccnc1Cl. The summed E-state index contributed by atoms with van der Waals surface area (Å²) in [6.07, 6.45) is 1.59. The van der Waals surface area contributed by atoms with E-state index >= 15 is 0 Å². The molecule has 7 heteroatoms. The van der Waals surface area contributed by atoms with Gasteiger partial charge in [0.15, 0.2) is 0 Å². The first kappa shape index (κ1) is 16.7. The number of alkyl halides is 1. The van der Waals surface area contributed by atoms with Crippen LogP contribution in [-0.4, -0.2) is 24.0 Å². The van der Waals surface area contributed by atoms with Crippen LogP contribution in [0.4, 0.5) is 0 Å². The van der Waals surface area contributed by atoms with E-state index in [2.05, 4.69) is 15.0 Å². The van der Waals surface area contributed by atoms with Crippen LogP contribution in [0.5, 0.6) is 0 Å². The van der Waals surface area contributed by atoms with Gasteiger partial charge in [0.1, 0.15) is 5.15 Å². The van der Waals surface area contributed by atoms with E-state index in [9.17, 15) is 9.59 Å². The Morgan fingerprint density at radius 3 is 2.80 bits per heavy atom. The van der Waals surface area contributed by atoms with Crippen LogP contribution in [0.15, 0.2) is 12.3 Å². The molecule has 0 bridgehead atoms. The number of methoxy groups -OCH3 is 1. The van der Waals surface area contributed by atoms with E-state index in [0.29, 0.717) is 10.7 Å². The molecule has 0 radical (unpaired) electrons. The number of pyridine rings is 1. The Hall–Kier alpha value is -1.33. The molecule has 0 aliphatic carbocycles. The molecule has 0 aliphatic heterocycles. The molecule has 1 amide bonds. The third-order valence-corrected chi connectivity index (χ3v) is 3.45. The Balaban J connectivity index is 2.63. The fraction of sp³-hybridized carbons (Fsp3) is 0.462. The van der Waals surface area contributed by atoms with Gasteiger partial charge in [-0.25, -0.2) is 4.98 Å². The van der Waals surface area contributed by atoms with E-state index in [1.165, 1.54) is 7.11 Å². The van der Waals surface area contributed by atoms with Gasteiger partial charge in [0.05, 0.1) is 13.5 Å². The maximum absolute atomic E-state index is 11.9. The number of carbonyl (C=O) groups excluding carboxylic acids is 2. The number of ether oxygens (including phenoxy) is 1. The van der Waals surface area contributed by atoms with Gasteiger partial charge in [-0.3, -0.25) is 9.59 Å². The van der Waals surface area contributed by atoms with E-state index in [0.717, 1.165) is 5.56 Å². The van der Waals surface area contributed by atoms with Crippen molar-refractivity contribution < 1.29 is 14.3 Å². The zero-order chi connectivity index (χ0) is 15.1. The van der Waals surface area contributed by atoms with Crippen molar-refractivity contribution in [3.05, 3.63) is 28.5 Å². The lowest BCUT2D eigenvalue weighted by Crippen LogP contribution is -2.30. The van der Waals surface area contributed by atoms with Gasteiger partial charge >= 0.3 is 5.97 Å². The monoisotopic (exact) mass is 318 g/mol. The second kappa shape index (κ2) is 8.07. The van der Waals surface area contributed by atoms with Crippen LogP contribution in [-0.2, 0) is 26.8 Å². The molecule has 1 aromatic rings. The summed E-state index contributed by atoms with van der Waals surface area (Å²) in [5, 5.41) is 3.02. The number of halogens is 2. The molecular weight excluding hydrogens is 303 g/mol. The summed E-state index contributed by atoms with van der Waals surface area (Å²) in [5.74, 6) is -0.868. The zero-order valence-electron chi connectivity index (χ0n) is 11.3. The lowest BCUT2D eigenvalue weighted by Gasteiger charge is -2.13. The van der Waals surface area contributed by atoms with Crippen LogP contribution in [0, 0.1) is 5.92 Å². The number of nitrogens with one attached hydrogen (secondary N) is 1. The van der Waals surface area contributed by atoms with E-state index in [1.807, 2.05) is 0 Å². The molecule has 20 heavy (non-hydrogen) atoms. The number of hydrogen-bond donors (Lipinski definition) is 1. The van der Waals surface area contributed by atoms with Crippen LogP contribution < -0.4 is 5.32 Å². The van der Waals surface area contributed by atoms with Gasteiger partial charge in [-0.2, -0.15) is 0 Å². The minimum Gasteiger partial charge on any atom is -0.469 e. The normalized spacial score (nSPS) is 11.8. The highest BCUT2D eigenvalue weighted by molar-refractivity contribution is 6.30. The smallest absolute Gasteiger partial charge is 0.306 e. The van der Waals surface area contributed by atoms with Crippen molar-refractivity contribution in [1.82, 2.24) is 10.3 Å². The van der Waals surface area contributed by atoms with E-state index in [-0.39, 0.29) is 24.8 Å². The Labute approximate surface area is 127 Å². The first-order valence-electron chi connectivity index (χ1n) is 6.02. The predicted molar refractivity (Wildman–Crippen MR) is 76.4 cm³/mol. The highest BCUT2D eigenvalue weighted by atomic mass is 35.5. The fourth-order valence-electron chi connectivity index (χ4n) is 1.59. The minimum atomic E-state index is -0.475. The average molecular weight is 319 g/mol. The molecule has 0 aliphatic rings. The first-order chi connectivity index (χ1) is 9.49. The van der Waals surface area contributed by atoms with Gasteiger partial charge < -0.3 is 10.1 Å². The molecule has 0 saturated carbocycles. The van der Waals surface area contributed by atoms with Crippen molar-refractivity contribution in [2.24, 2.45) is 5.92 Å². The molecule has 0 fully saturated rings. The summed E-state index contributed by atoms with van der Waals surface area (Å²) in [7, 11) is 1.29. The Kier molecular flexibility index (Phi) is 6.75. The molecule has 110 valence electrons. The predicted octanol–water partition coefficient (Wildman–Crippen LogP) is 2.29. The van der Waals surface area contributed by atoms with Crippen molar-refractivity contribution in [2.45, 2.75) is 25.8 Å². The molecule has 0 saturated heterocycles. The third kappa shape index (κ3) is 4.65. The number of nitrogens with zero attached hydrogens (tertiary/aromatic N) is 1. The number of amides is 1. The van der Waals surface area contributed by atoms with Gasteiger partial charge in [0, 0.05) is 30.1 Å². The molecule has 0 spiro atoms. The maximum Gasteiger partial charge on any atom is 0.306 e. The zero-order valence-corrected chi connectivity index (χ0v) is 12.8. The molecular formula is C13H16Cl2N2O3. The van der Waals surface area contributed by atoms with Gasteiger partial charge in [-0.15, -0.1) is 11.6 Å². The van der Waals surface area contributed by atoms with E-state index in [4.69, 9.17) is 23.2 Å². The highest BCUT2D eigenvalue weighted by Gasteiger charge is 2.18. The van der Waals surface area contributed by atoms with Gasteiger partial charge in [0.2, 0.25) is 5.91 Å². The van der Waals surface area contributed by atoms with Crippen molar-refractivity contribution in [1.29, 1.82) is 0 Å². The number of hydrogen-bond acceptors (Lipinski definition) is 4. The number of aromatic nitrogens is 1. The average Bonchev–Trinajstić information content (AvgIpc) is 2.44. The summed E-state index contributed by atoms with van der Waals surface area (Å²) < 4.78 is 4.52. The molecule has 1 aromatic heterocycles. The largest absolute Gasteiger partial charge is 0.469 e. The van der Waals surface area contributed by atoms with Crippen LogP contribution in [0.25, 0.3) is 0 Å². The van der Waals surface area contributed by atoms with Crippen LogP contribution in [0.3, 0.4) is 0 Å². The van der Waals surface area contributed by atoms with Gasteiger partial charge in [-0.05, 0) is 11.6 Å². The summed E-state index contributed by atoms with van der Waals surface area (Å²) in [6.45, 7) is 1.87. The Bertz CT molecular complexity index is 495. The minimum absolute atomic E-state index is 0.0332. The van der Waals surface area contributed by atoms with Gasteiger partial charge in [-0.1, -0.05) is 18.5 Å². The summed E-state index contributed by atoms with van der Waals surface area (Å²) in [6, 6.07) is 1.75. The fourth-order valence-corrected chi connectivity index (χ4v) is 2.09. The quantitative estimate of drug-likeness (QED) is 0.496. The molecule has 5 nitrogen and oxygen atoms in total. The number of rotatable bonds is 6. The first-order valence-corrected chi connectivity index (χ1v) is 6.93. The Morgan fingerprint density at radius 1 is 1.50 bits per heavy atom. The van der Waals surface area contributed by atoms with Crippen molar-refractivity contribution in [2.75, 3.05) is 7.11 Å². The van der Waals surface area contributed by atoms with Crippen molar-refractivity contribution in [3.8, 4) is 0 Å². The summed E-state index contributed by atoms with van der Waals surface area (Å²) in [5.41, 5.74) is 1.50. The lowest BCUT2D eigenvalue weighted by atomic mass is 10.1. The summed E-state index contributed by atoms with van der Waals surface area (Å²) in [4.78, 5) is 26.9. The molecule has 1 atom stereocenters. The van der Waals surface area contributed by atoms with Crippen molar-refractivity contribution >= 4 is 35.1 Å². The van der Waals surface area contributed by atoms with Gasteiger partial charge in [0.25, 0.3) is 0 Å². The van der Waals surface area contributed by atoms with E-state index in [1.54, 1.807) is 19.2 Å². The van der Waals surface area contributed by atoms with Crippen LogP contribution in [0.2, 0.25) is 5.15 Å². The second-order valence-corrected chi connectivity index (χ2v) is 4.90. The second-order valence-electron chi connectivity index (χ2n) is 4.27. The number of esters is 1. The maximum atomic E-state index is 11.9. The summed E-state index contributed by atoms with van der Waals surface area (Å²) >= 11 is 11.8. The topological polar surface area (TPSA) is 68.3 Å². The van der Waals surface area contributed by atoms with Crippen LogP contribution >= 0.6 is 23.2 Å². The molecule has 1 unspecified atom stereocenters. The van der Waals surface area contributed by atoms with Crippen molar-refractivity contribution in [3.63, 3.8) is 0 Å². The highest BCUT2D eigenvalue weighted by Crippen LogP contribution is 2.19. The third-order valence-electron chi connectivity index (χ3n) is 2.83. The lowest BCUT2D eigenvalue weighted by molar-refractivity contribution is -0.143. The molecule has 1 N–H and O–H groups in total.